The van der Waals surface area contributed by atoms with Crippen molar-refractivity contribution < 1.29 is 9.59 Å². The number of carbonyl (C=O) groups excluding carboxylic acids is 2. The first-order chi connectivity index (χ1) is 12.6. The average Bonchev–Trinajstić information content (AvgIpc) is 2.61. The van der Waals surface area contributed by atoms with Crippen molar-refractivity contribution >= 4 is 17.5 Å². The smallest absolute Gasteiger partial charge is 0.259 e. The Morgan fingerprint density at radius 3 is 2.33 bits per heavy atom. The van der Waals surface area contributed by atoms with Gasteiger partial charge in [0, 0.05) is 30.5 Å². The molecule has 0 fully saturated rings. The zero-order valence-corrected chi connectivity index (χ0v) is 17.1. The van der Waals surface area contributed by atoms with E-state index in [9.17, 15) is 9.59 Å². The molecule has 0 saturated heterocycles. The maximum absolute atomic E-state index is 12.8. The van der Waals surface area contributed by atoms with Crippen LogP contribution < -0.4 is 5.32 Å². The molecule has 0 aliphatic rings. The number of hydrogen-bond donors (Lipinski definition) is 1. The van der Waals surface area contributed by atoms with Crippen LogP contribution in [0, 0.1) is 13.8 Å². The molecule has 1 heterocycles. The Hall–Kier alpha value is -2.76. The number of anilines is 1. The summed E-state index contributed by atoms with van der Waals surface area (Å²) in [6.07, 6.45) is 1.56. The van der Waals surface area contributed by atoms with Gasteiger partial charge < -0.3 is 10.2 Å². The van der Waals surface area contributed by atoms with E-state index in [0.29, 0.717) is 28.3 Å². The first kappa shape index (κ1) is 20.6. The van der Waals surface area contributed by atoms with E-state index in [2.05, 4.69) is 15.3 Å². The molecule has 2 amide bonds. The fourth-order valence-electron chi connectivity index (χ4n) is 2.66. The predicted molar refractivity (Wildman–Crippen MR) is 107 cm³/mol. The van der Waals surface area contributed by atoms with E-state index in [1.54, 1.807) is 37.2 Å². The molecule has 0 bridgehead atoms. The molecule has 6 heteroatoms. The van der Waals surface area contributed by atoms with Gasteiger partial charge in [-0.05, 0) is 51.3 Å². The van der Waals surface area contributed by atoms with Crippen LogP contribution in [-0.2, 0) is 0 Å². The van der Waals surface area contributed by atoms with Crippen LogP contribution in [0.4, 0.5) is 5.69 Å². The van der Waals surface area contributed by atoms with Gasteiger partial charge in [0.2, 0.25) is 0 Å². The first-order valence-electron chi connectivity index (χ1n) is 9.14. The maximum Gasteiger partial charge on any atom is 0.259 e. The molecule has 0 unspecified atom stereocenters. The summed E-state index contributed by atoms with van der Waals surface area (Å²) in [5.41, 5.74) is 3.17. The van der Waals surface area contributed by atoms with Gasteiger partial charge in [0.05, 0.1) is 11.3 Å². The SMILES string of the molecule is Cc1ncc(C(=O)Nc2ccc(C)c(C(=O)N(C)C(C)C)c2)c(C(C)C)n1. The zero-order chi connectivity index (χ0) is 20.3. The highest BCUT2D eigenvalue weighted by Gasteiger charge is 2.19. The van der Waals surface area contributed by atoms with Crippen LogP contribution in [0.25, 0.3) is 0 Å². The Labute approximate surface area is 161 Å². The number of nitrogens with zero attached hydrogens (tertiary/aromatic N) is 3. The summed E-state index contributed by atoms with van der Waals surface area (Å²) in [4.78, 5) is 35.7. The molecule has 1 N–H and O–H groups in total. The van der Waals surface area contributed by atoms with E-state index in [0.717, 1.165) is 5.56 Å². The Kier molecular flexibility index (Phi) is 6.31. The van der Waals surface area contributed by atoms with Crippen molar-refractivity contribution in [1.82, 2.24) is 14.9 Å². The number of benzene rings is 1. The van der Waals surface area contributed by atoms with Gasteiger partial charge in [-0.25, -0.2) is 9.97 Å². The second-order valence-electron chi connectivity index (χ2n) is 7.36. The number of hydrogen-bond acceptors (Lipinski definition) is 4. The highest BCUT2D eigenvalue weighted by molar-refractivity contribution is 6.06. The minimum Gasteiger partial charge on any atom is -0.339 e. The summed E-state index contributed by atoms with van der Waals surface area (Å²) in [7, 11) is 1.77. The number of aryl methyl sites for hydroxylation is 2. The van der Waals surface area contributed by atoms with Crippen molar-refractivity contribution in [3.63, 3.8) is 0 Å². The zero-order valence-electron chi connectivity index (χ0n) is 17.1. The topological polar surface area (TPSA) is 75.2 Å². The van der Waals surface area contributed by atoms with Gasteiger partial charge in [-0.2, -0.15) is 0 Å². The van der Waals surface area contributed by atoms with Gasteiger partial charge >= 0.3 is 0 Å². The number of amides is 2. The largest absolute Gasteiger partial charge is 0.339 e. The van der Waals surface area contributed by atoms with Gasteiger partial charge in [-0.3, -0.25) is 9.59 Å². The number of nitrogens with one attached hydrogen (secondary N) is 1. The fourth-order valence-corrected chi connectivity index (χ4v) is 2.66. The average molecular weight is 368 g/mol. The highest BCUT2D eigenvalue weighted by Crippen LogP contribution is 2.21. The van der Waals surface area contributed by atoms with Crippen molar-refractivity contribution in [1.29, 1.82) is 0 Å². The second-order valence-corrected chi connectivity index (χ2v) is 7.36. The van der Waals surface area contributed by atoms with Crippen LogP contribution in [0.5, 0.6) is 0 Å². The van der Waals surface area contributed by atoms with Crippen LogP contribution >= 0.6 is 0 Å². The molecule has 1 aromatic heterocycles. The van der Waals surface area contributed by atoms with E-state index in [4.69, 9.17) is 0 Å². The van der Waals surface area contributed by atoms with Gasteiger partial charge in [-0.1, -0.05) is 19.9 Å². The lowest BCUT2D eigenvalue weighted by Crippen LogP contribution is -2.33. The Morgan fingerprint density at radius 2 is 1.74 bits per heavy atom. The molecule has 0 spiro atoms. The van der Waals surface area contributed by atoms with Crippen LogP contribution in [0.3, 0.4) is 0 Å². The predicted octanol–water partition coefficient (Wildman–Crippen LogP) is 3.95. The number of aromatic nitrogens is 2. The Morgan fingerprint density at radius 1 is 1.07 bits per heavy atom. The molecule has 0 aliphatic heterocycles. The van der Waals surface area contributed by atoms with Crippen LogP contribution in [0.1, 0.15) is 71.4 Å². The number of carbonyl (C=O) groups is 2. The molecule has 2 rings (SSSR count). The van der Waals surface area contributed by atoms with E-state index in [-0.39, 0.29) is 23.8 Å². The van der Waals surface area contributed by atoms with Crippen LogP contribution in [0.2, 0.25) is 0 Å². The Balaban J connectivity index is 2.32. The summed E-state index contributed by atoms with van der Waals surface area (Å²) < 4.78 is 0. The van der Waals surface area contributed by atoms with Gasteiger partial charge in [0.25, 0.3) is 11.8 Å². The summed E-state index contributed by atoms with van der Waals surface area (Å²) in [6.45, 7) is 11.6. The third-order valence-electron chi connectivity index (χ3n) is 4.55. The van der Waals surface area contributed by atoms with E-state index in [1.807, 2.05) is 40.7 Å². The van der Waals surface area contributed by atoms with E-state index < -0.39 is 0 Å². The lowest BCUT2D eigenvalue weighted by atomic mass is 10.0. The van der Waals surface area contributed by atoms with Gasteiger partial charge in [-0.15, -0.1) is 0 Å². The number of rotatable bonds is 5. The molecule has 144 valence electrons. The summed E-state index contributed by atoms with van der Waals surface area (Å²) in [5, 5.41) is 2.87. The molecule has 6 nitrogen and oxygen atoms in total. The van der Waals surface area contributed by atoms with Gasteiger partial charge in [0.15, 0.2) is 0 Å². The maximum atomic E-state index is 12.8. The fraction of sp³-hybridized carbons (Fsp3) is 0.429. The molecular weight excluding hydrogens is 340 g/mol. The van der Waals surface area contributed by atoms with Crippen molar-refractivity contribution in [3.8, 4) is 0 Å². The van der Waals surface area contributed by atoms with E-state index in [1.165, 1.54) is 0 Å². The van der Waals surface area contributed by atoms with Gasteiger partial charge in [0.1, 0.15) is 5.82 Å². The molecule has 27 heavy (non-hydrogen) atoms. The summed E-state index contributed by atoms with van der Waals surface area (Å²) in [5.74, 6) is 0.385. The van der Waals surface area contributed by atoms with E-state index >= 15 is 0 Å². The second kappa shape index (κ2) is 8.29. The third kappa shape index (κ3) is 4.70. The summed E-state index contributed by atoms with van der Waals surface area (Å²) in [6, 6.07) is 5.45. The molecule has 2 aromatic rings. The first-order valence-corrected chi connectivity index (χ1v) is 9.14. The lowest BCUT2D eigenvalue weighted by Gasteiger charge is -2.22. The van der Waals surface area contributed by atoms with Crippen LogP contribution in [-0.4, -0.2) is 39.8 Å². The molecule has 0 saturated carbocycles. The molecule has 0 atom stereocenters. The third-order valence-corrected chi connectivity index (χ3v) is 4.55. The molecule has 1 aromatic carbocycles. The Bertz CT molecular complexity index is 859. The lowest BCUT2D eigenvalue weighted by molar-refractivity contribution is 0.0754. The van der Waals surface area contributed by atoms with Crippen molar-refractivity contribution in [2.45, 2.75) is 53.5 Å². The molecule has 0 radical (unpaired) electrons. The minimum atomic E-state index is -0.279. The van der Waals surface area contributed by atoms with Crippen molar-refractivity contribution in [2.24, 2.45) is 0 Å². The molecule has 0 aliphatic carbocycles. The quantitative estimate of drug-likeness (QED) is 0.867. The van der Waals surface area contributed by atoms with Crippen LogP contribution in [0.15, 0.2) is 24.4 Å². The molecular formula is C21H28N4O2. The summed E-state index contributed by atoms with van der Waals surface area (Å²) >= 11 is 0. The minimum absolute atomic E-state index is 0.0693. The highest BCUT2D eigenvalue weighted by atomic mass is 16.2. The van der Waals surface area contributed by atoms with Crippen molar-refractivity contribution in [2.75, 3.05) is 12.4 Å². The monoisotopic (exact) mass is 368 g/mol. The normalized spacial score (nSPS) is 11.0. The standard InChI is InChI=1S/C21H28N4O2/c1-12(2)19-18(11-22-15(6)23-19)20(26)24-16-9-8-14(5)17(10-16)21(27)25(7)13(3)4/h8-13H,1-7H3,(H,24,26). The van der Waals surface area contributed by atoms with Crippen molar-refractivity contribution in [3.05, 3.63) is 52.6 Å².